The summed E-state index contributed by atoms with van der Waals surface area (Å²) in [5.41, 5.74) is 2.34. The van der Waals surface area contributed by atoms with E-state index in [2.05, 4.69) is 39.4 Å². The van der Waals surface area contributed by atoms with Crippen LogP contribution in [-0.4, -0.2) is 79.1 Å². The Hall–Kier alpha value is -3.40. The zero-order chi connectivity index (χ0) is 27.5. The molecule has 0 spiro atoms. The van der Waals surface area contributed by atoms with Gasteiger partial charge in [0.2, 0.25) is 17.8 Å². The van der Waals surface area contributed by atoms with Crippen LogP contribution < -0.4 is 25.2 Å². The molecule has 2 aliphatic heterocycles. The molecule has 5 rings (SSSR count). The molecule has 1 saturated heterocycles. The van der Waals surface area contributed by atoms with Crippen molar-refractivity contribution >= 4 is 35.0 Å². The monoisotopic (exact) mass is 535 g/mol. The number of likely N-dealkylation sites (N-methyl/N-ethyl adjacent to an activating group) is 1. The van der Waals surface area contributed by atoms with Gasteiger partial charge in [-0.25, -0.2) is 4.98 Å². The van der Waals surface area contributed by atoms with E-state index in [0.29, 0.717) is 24.2 Å². The molecule has 3 heterocycles. The van der Waals surface area contributed by atoms with E-state index in [4.69, 9.17) is 9.72 Å². The highest BCUT2D eigenvalue weighted by molar-refractivity contribution is 6.04. The Morgan fingerprint density at radius 2 is 1.87 bits per heavy atom. The van der Waals surface area contributed by atoms with E-state index in [1.807, 2.05) is 18.2 Å². The second kappa shape index (κ2) is 11.8. The van der Waals surface area contributed by atoms with Crippen LogP contribution in [0.25, 0.3) is 0 Å². The lowest BCUT2D eigenvalue weighted by Gasteiger charge is -2.43. The summed E-state index contributed by atoms with van der Waals surface area (Å²) in [6.45, 7) is 4.08. The molecule has 10 heteroatoms. The third-order valence-electron chi connectivity index (χ3n) is 8.37. The number of carbonyl (C=O) groups is 2. The normalized spacial score (nSPS) is 20.7. The minimum absolute atomic E-state index is 0.0292. The minimum atomic E-state index is -0.220. The van der Waals surface area contributed by atoms with E-state index in [-0.39, 0.29) is 23.9 Å². The van der Waals surface area contributed by atoms with Crippen LogP contribution in [0.5, 0.6) is 5.75 Å². The molecule has 1 aromatic carbocycles. The molecule has 10 nitrogen and oxygen atoms in total. The SMILES string of the molecule is CC[C@@H]1C(=O)N(C)c2cnc(Nc3ccc(CC(=O)NC4CCN(C)CC4)cc3OC)nc2N1C1CCCC1. The summed E-state index contributed by atoms with van der Waals surface area (Å²) in [6, 6.07) is 6.05. The van der Waals surface area contributed by atoms with Crippen LogP contribution in [-0.2, 0) is 16.0 Å². The Balaban J connectivity index is 1.33. The van der Waals surface area contributed by atoms with Crippen molar-refractivity contribution in [2.75, 3.05) is 49.4 Å². The number of ether oxygens (including phenoxy) is 1. The summed E-state index contributed by atoms with van der Waals surface area (Å²) < 4.78 is 5.66. The predicted molar refractivity (Wildman–Crippen MR) is 153 cm³/mol. The fourth-order valence-corrected chi connectivity index (χ4v) is 6.13. The van der Waals surface area contributed by atoms with Gasteiger partial charge in [0, 0.05) is 19.1 Å². The Morgan fingerprint density at radius 3 is 2.56 bits per heavy atom. The number of fused-ring (bicyclic) bond motifs is 1. The highest BCUT2D eigenvalue weighted by atomic mass is 16.5. The summed E-state index contributed by atoms with van der Waals surface area (Å²) in [4.78, 5) is 41.5. The molecule has 1 saturated carbocycles. The van der Waals surface area contributed by atoms with Gasteiger partial charge in [-0.15, -0.1) is 0 Å². The average Bonchev–Trinajstić information content (AvgIpc) is 3.47. The molecule has 2 aromatic rings. The quantitative estimate of drug-likeness (QED) is 0.530. The topological polar surface area (TPSA) is 103 Å². The maximum absolute atomic E-state index is 13.1. The first-order chi connectivity index (χ1) is 18.9. The van der Waals surface area contributed by atoms with Gasteiger partial charge < -0.3 is 30.1 Å². The van der Waals surface area contributed by atoms with Crippen LogP contribution in [0.4, 0.5) is 23.1 Å². The zero-order valence-electron chi connectivity index (χ0n) is 23.6. The Kier molecular flexibility index (Phi) is 8.20. The van der Waals surface area contributed by atoms with Crippen LogP contribution >= 0.6 is 0 Å². The number of methoxy groups -OCH3 is 1. The molecule has 210 valence electrons. The van der Waals surface area contributed by atoms with Crippen molar-refractivity contribution < 1.29 is 14.3 Å². The van der Waals surface area contributed by atoms with Crippen molar-refractivity contribution in [3.8, 4) is 5.75 Å². The Bertz CT molecular complexity index is 1190. The number of hydrogen-bond donors (Lipinski definition) is 2. The van der Waals surface area contributed by atoms with E-state index >= 15 is 0 Å². The van der Waals surface area contributed by atoms with Gasteiger partial charge in [-0.3, -0.25) is 9.59 Å². The Morgan fingerprint density at radius 1 is 1.13 bits per heavy atom. The second-order valence-corrected chi connectivity index (χ2v) is 11.1. The predicted octanol–water partition coefficient (Wildman–Crippen LogP) is 3.49. The molecule has 3 aliphatic rings. The lowest BCUT2D eigenvalue weighted by Crippen LogP contribution is -2.55. The minimum Gasteiger partial charge on any atom is -0.495 e. The second-order valence-electron chi connectivity index (χ2n) is 11.1. The standard InChI is InChI=1S/C29H41N7O3/c1-5-23-28(38)35(3)24-18-30-29(33-27(24)36(23)21-8-6-7-9-21)32-22-11-10-19(16-25(22)39-4)17-26(37)31-20-12-14-34(2)15-13-20/h10-11,16,18,20-21,23H,5-9,12-15,17H2,1-4H3,(H,31,37)(H,30,32,33)/t23-/m1/s1. The van der Waals surface area contributed by atoms with Crippen LogP contribution in [0.1, 0.15) is 57.4 Å². The van der Waals surface area contributed by atoms with Crippen LogP contribution in [0, 0.1) is 0 Å². The van der Waals surface area contributed by atoms with Gasteiger partial charge in [0.25, 0.3) is 0 Å². The van der Waals surface area contributed by atoms with E-state index < -0.39 is 0 Å². The van der Waals surface area contributed by atoms with Crippen LogP contribution in [0.3, 0.4) is 0 Å². The summed E-state index contributed by atoms with van der Waals surface area (Å²) in [5, 5.41) is 6.49. The lowest BCUT2D eigenvalue weighted by atomic mass is 10.0. The lowest BCUT2D eigenvalue weighted by molar-refractivity contribution is -0.121. The number of nitrogens with zero attached hydrogens (tertiary/aromatic N) is 5. The third kappa shape index (κ3) is 5.80. The van der Waals surface area contributed by atoms with Gasteiger partial charge in [0.1, 0.15) is 17.5 Å². The number of anilines is 4. The maximum Gasteiger partial charge on any atom is 0.249 e. The Labute approximate surface area is 231 Å². The molecular formula is C29H41N7O3. The number of carbonyl (C=O) groups excluding carboxylic acids is 2. The third-order valence-corrected chi connectivity index (χ3v) is 8.37. The number of rotatable bonds is 8. The van der Waals surface area contributed by atoms with Crippen molar-refractivity contribution in [2.45, 2.75) is 76.4 Å². The molecule has 1 aliphatic carbocycles. The van der Waals surface area contributed by atoms with Crippen molar-refractivity contribution in [3.05, 3.63) is 30.0 Å². The van der Waals surface area contributed by atoms with Crippen LogP contribution in [0.15, 0.2) is 24.4 Å². The maximum atomic E-state index is 13.1. The molecule has 0 radical (unpaired) electrons. The number of amides is 2. The van der Waals surface area contributed by atoms with E-state index in [0.717, 1.165) is 67.9 Å². The highest BCUT2D eigenvalue weighted by Gasteiger charge is 2.41. The number of piperidine rings is 1. The molecule has 1 atom stereocenters. The van der Waals surface area contributed by atoms with Gasteiger partial charge >= 0.3 is 0 Å². The zero-order valence-corrected chi connectivity index (χ0v) is 23.6. The van der Waals surface area contributed by atoms with Gasteiger partial charge in [-0.05, 0) is 69.9 Å². The highest BCUT2D eigenvalue weighted by Crippen LogP contribution is 2.40. The summed E-state index contributed by atoms with van der Waals surface area (Å²) >= 11 is 0. The first-order valence-electron chi connectivity index (χ1n) is 14.2. The fourth-order valence-electron chi connectivity index (χ4n) is 6.13. The largest absolute Gasteiger partial charge is 0.495 e. The summed E-state index contributed by atoms with van der Waals surface area (Å²) in [7, 11) is 5.53. The molecule has 39 heavy (non-hydrogen) atoms. The summed E-state index contributed by atoms with van der Waals surface area (Å²) in [6.07, 6.45) is 9.21. The first kappa shape index (κ1) is 27.2. The number of hydrogen-bond acceptors (Lipinski definition) is 8. The van der Waals surface area contributed by atoms with Gasteiger partial charge in [-0.2, -0.15) is 4.98 Å². The van der Waals surface area contributed by atoms with Crippen LogP contribution in [0.2, 0.25) is 0 Å². The smallest absolute Gasteiger partial charge is 0.249 e. The fraction of sp³-hybridized carbons (Fsp3) is 0.586. The van der Waals surface area contributed by atoms with Gasteiger partial charge in [0.05, 0.1) is 25.4 Å². The molecular weight excluding hydrogens is 494 g/mol. The van der Waals surface area contributed by atoms with E-state index in [1.165, 1.54) is 12.8 Å². The molecule has 2 amide bonds. The van der Waals surface area contributed by atoms with Crippen molar-refractivity contribution in [2.24, 2.45) is 0 Å². The molecule has 2 fully saturated rings. The molecule has 0 unspecified atom stereocenters. The molecule has 0 bridgehead atoms. The first-order valence-corrected chi connectivity index (χ1v) is 14.2. The van der Waals surface area contributed by atoms with Gasteiger partial charge in [0.15, 0.2) is 5.82 Å². The van der Waals surface area contributed by atoms with E-state index in [1.54, 1.807) is 25.3 Å². The number of nitrogens with one attached hydrogen (secondary N) is 2. The van der Waals surface area contributed by atoms with Crippen molar-refractivity contribution in [1.29, 1.82) is 0 Å². The van der Waals surface area contributed by atoms with Crippen molar-refractivity contribution in [1.82, 2.24) is 20.2 Å². The van der Waals surface area contributed by atoms with E-state index in [9.17, 15) is 9.59 Å². The number of aromatic nitrogens is 2. The molecule has 1 aromatic heterocycles. The average molecular weight is 536 g/mol. The molecule has 2 N–H and O–H groups in total. The van der Waals surface area contributed by atoms with Crippen molar-refractivity contribution in [3.63, 3.8) is 0 Å². The summed E-state index contributed by atoms with van der Waals surface area (Å²) in [5.74, 6) is 1.99. The number of likely N-dealkylation sites (tertiary alicyclic amines) is 1. The van der Waals surface area contributed by atoms with Gasteiger partial charge in [-0.1, -0.05) is 25.8 Å². The number of benzene rings is 1.